The van der Waals surface area contributed by atoms with E-state index < -0.39 is 34.7 Å². The van der Waals surface area contributed by atoms with Crippen molar-refractivity contribution in [1.29, 1.82) is 0 Å². The fraction of sp³-hybridized carbons (Fsp3) is 0.226. The molecule has 0 amide bonds. The number of hydrogen-bond donors (Lipinski definition) is 6. The van der Waals surface area contributed by atoms with Gasteiger partial charge in [0.25, 0.3) is 10.1 Å². The predicted molar refractivity (Wildman–Crippen MR) is 207 cm³/mol. The summed E-state index contributed by atoms with van der Waals surface area (Å²) in [5.74, 6) is -0.0693. The van der Waals surface area contributed by atoms with E-state index in [4.69, 9.17) is 22.1 Å². The van der Waals surface area contributed by atoms with Gasteiger partial charge in [-0.1, -0.05) is 13.2 Å². The number of halogens is 1. The summed E-state index contributed by atoms with van der Waals surface area (Å²) in [5.41, 5.74) is 7.27. The van der Waals surface area contributed by atoms with Gasteiger partial charge in [-0.25, -0.2) is 21.8 Å². The van der Waals surface area contributed by atoms with E-state index in [1.807, 2.05) is 0 Å². The van der Waals surface area contributed by atoms with Crippen molar-refractivity contribution in [2.75, 3.05) is 59.6 Å². The zero-order chi connectivity index (χ0) is 39.7. The molecule has 288 valence electrons. The van der Waals surface area contributed by atoms with Crippen LogP contribution in [0.2, 0.25) is 5.28 Å². The molecule has 0 saturated heterocycles. The molecular formula is C31H36ClN11O8S3. The van der Waals surface area contributed by atoms with Crippen LogP contribution in [0.4, 0.5) is 52.0 Å². The third-order valence-electron chi connectivity index (χ3n) is 7.23. The molecule has 0 fully saturated rings. The molecular weight excluding hydrogens is 786 g/mol. The number of aromatic nitrogens is 4. The van der Waals surface area contributed by atoms with Crippen LogP contribution >= 0.6 is 11.6 Å². The largest absolute Gasteiger partial charge is 0.395 e. The molecule has 0 unspecified atom stereocenters. The molecule has 2 aromatic carbocycles. The van der Waals surface area contributed by atoms with Crippen LogP contribution in [-0.2, 0) is 34.5 Å². The van der Waals surface area contributed by atoms with Crippen molar-refractivity contribution < 1.29 is 34.5 Å². The number of nitrogens with two attached hydrogens (primary N) is 1. The van der Waals surface area contributed by atoms with Crippen molar-refractivity contribution in [3.8, 4) is 0 Å². The Balaban J connectivity index is 1.68. The number of nitrogens with zero attached hydrogens (tertiary/aromatic N) is 6. The van der Waals surface area contributed by atoms with Crippen LogP contribution < -0.4 is 27.0 Å². The van der Waals surface area contributed by atoms with Gasteiger partial charge in [0.15, 0.2) is 31.3 Å². The minimum absolute atomic E-state index is 0.0237. The van der Waals surface area contributed by atoms with Crippen LogP contribution in [0.1, 0.15) is 12.0 Å². The summed E-state index contributed by atoms with van der Waals surface area (Å²) in [6, 6.07) is 9.29. The van der Waals surface area contributed by atoms with E-state index in [-0.39, 0.29) is 68.8 Å². The number of hydrogen-bond acceptors (Lipinski definition) is 18. The zero-order valence-electron chi connectivity index (χ0n) is 28.8. The molecule has 0 aliphatic heterocycles. The molecule has 23 heteroatoms. The number of rotatable bonds is 19. The molecule has 0 atom stereocenters. The molecule has 0 spiro atoms. The molecule has 0 bridgehead atoms. The number of sulfone groups is 2. The van der Waals surface area contributed by atoms with Crippen LogP contribution in [0.5, 0.6) is 0 Å². The van der Waals surface area contributed by atoms with Crippen molar-refractivity contribution in [2.24, 2.45) is 10.2 Å². The fourth-order valence-corrected chi connectivity index (χ4v) is 6.47. The van der Waals surface area contributed by atoms with Gasteiger partial charge in [0, 0.05) is 54.6 Å². The van der Waals surface area contributed by atoms with E-state index in [9.17, 15) is 29.8 Å². The zero-order valence-corrected chi connectivity index (χ0v) is 32.0. The summed E-state index contributed by atoms with van der Waals surface area (Å²) in [6.07, 6.45) is 0.633. The smallest absolute Gasteiger partial charge is 0.296 e. The number of methoxy groups -OCH3 is 1. The van der Waals surface area contributed by atoms with Crippen LogP contribution in [0.15, 0.2) is 86.5 Å². The topological polar surface area (TPSA) is 282 Å². The van der Waals surface area contributed by atoms with Gasteiger partial charge >= 0.3 is 0 Å². The lowest BCUT2D eigenvalue weighted by atomic mass is 10.2. The molecule has 19 nitrogen and oxygen atoms in total. The van der Waals surface area contributed by atoms with Gasteiger partial charge in [-0.3, -0.25) is 4.55 Å². The Morgan fingerprint density at radius 2 is 1.50 bits per heavy atom. The summed E-state index contributed by atoms with van der Waals surface area (Å²) < 4.78 is 87.9. The monoisotopic (exact) mass is 821 g/mol. The van der Waals surface area contributed by atoms with Crippen molar-refractivity contribution in [1.82, 2.24) is 19.9 Å². The highest BCUT2D eigenvalue weighted by molar-refractivity contribution is 7.94. The molecule has 4 rings (SSSR count). The maximum absolute atomic E-state index is 12.3. The predicted octanol–water partition coefficient (Wildman–Crippen LogP) is 5.30. The number of anilines is 7. The first-order valence-corrected chi connectivity index (χ1v) is 20.6. The highest BCUT2D eigenvalue weighted by atomic mass is 35.5. The number of benzene rings is 2. The second kappa shape index (κ2) is 17.7. The van der Waals surface area contributed by atoms with E-state index in [1.165, 1.54) is 36.4 Å². The number of azo groups is 1. The first kappa shape index (κ1) is 41.5. The summed E-state index contributed by atoms with van der Waals surface area (Å²) >= 11 is 6.14. The summed E-state index contributed by atoms with van der Waals surface area (Å²) in [5, 5.41) is 21.5. The second-order valence-electron chi connectivity index (χ2n) is 11.0. The Morgan fingerprint density at radius 1 is 0.870 bits per heavy atom. The molecule has 0 aliphatic carbocycles. The van der Waals surface area contributed by atoms with E-state index >= 15 is 0 Å². The Hall–Kier alpha value is -5.26. The molecule has 54 heavy (non-hydrogen) atoms. The minimum atomic E-state index is -4.82. The quantitative estimate of drug-likeness (QED) is 0.0398. The number of pyridine rings is 1. The molecule has 7 N–H and O–H groups in total. The van der Waals surface area contributed by atoms with Gasteiger partial charge < -0.3 is 31.7 Å². The van der Waals surface area contributed by atoms with E-state index in [1.54, 1.807) is 14.0 Å². The van der Waals surface area contributed by atoms with Crippen molar-refractivity contribution in [3.05, 3.63) is 77.3 Å². The molecule has 2 aromatic heterocycles. The Bertz CT molecular complexity index is 2400. The van der Waals surface area contributed by atoms with Gasteiger partial charge in [0.1, 0.15) is 16.3 Å². The van der Waals surface area contributed by atoms with Crippen LogP contribution in [-0.4, -0.2) is 82.3 Å². The summed E-state index contributed by atoms with van der Waals surface area (Å²) in [7, 11) is -10.5. The molecule has 0 aliphatic rings. The van der Waals surface area contributed by atoms with Crippen LogP contribution in [0.25, 0.3) is 0 Å². The highest BCUT2D eigenvalue weighted by Crippen LogP contribution is 2.38. The highest BCUT2D eigenvalue weighted by Gasteiger charge is 2.20. The standard InChI is InChI=1S/C31H36ClN11O8S3/c1-5-52(44,45)17-15-35-28-26(19(3)25(33)27(38-28)34-14-7-16-51-4)43-42-23-18-21(10-13-24(23)54(48,49)50)37-31-40-29(32)39-30(41-31)36-20-8-11-22(12-9-20)53(46,47)6-2/h5-6,8-13,18H,1-2,7,14-17,33H2,3-4H3,(H2,34,35,38)(H,48,49,50)(H2,36,37,39,40,41)/b43-42+. The lowest BCUT2D eigenvalue weighted by molar-refractivity contribution is 0.198. The first-order chi connectivity index (χ1) is 25.5. The number of nitrogen functional groups attached to an aromatic ring is 1. The van der Waals surface area contributed by atoms with Gasteiger partial charge in [-0.2, -0.15) is 23.4 Å². The number of nitrogens with one attached hydrogen (secondary N) is 4. The van der Waals surface area contributed by atoms with Crippen molar-refractivity contribution in [2.45, 2.75) is 23.1 Å². The molecule has 0 saturated carbocycles. The summed E-state index contributed by atoms with van der Waals surface area (Å²) in [6.45, 7) is 9.06. The number of ether oxygens (including phenoxy) is 1. The van der Waals surface area contributed by atoms with Gasteiger partial charge in [0.2, 0.25) is 17.2 Å². The third kappa shape index (κ3) is 11.1. The SMILES string of the molecule is C=CS(=O)(=O)CCNc1nc(NCCCOC)c(N)c(C)c1/N=N/c1cc(Nc2nc(Cl)nc(Nc3ccc(S(=O)(=O)C=C)cc3)n2)ccc1S(=O)(=O)O. The third-order valence-corrected chi connectivity index (χ3v) is 10.9. The minimum Gasteiger partial charge on any atom is -0.395 e. The average molecular weight is 822 g/mol. The van der Waals surface area contributed by atoms with Crippen LogP contribution in [0, 0.1) is 6.92 Å². The maximum Gasteiger partial charge on any atom is 0.296 e. The van der Waals surface area contributed by atoms with E-state index in [0.717, 1.165) is 16.9 Å². The van der Waals surface area contributed by atoms with Gasteiger partial charge in [-0.15, -0.1) is 10.2 Å². The fourth-order valence-electron chi connectivity index (χ4n) is 4.45. The average Bonchev–Trinajstić information content (AvgIpc) is 3.11. The Kier molecular flexibility index (Phi) is 13.6. The first-order valence-electron chi connectivity index (χ1n) is 15.5. The van der Waals surface area contributed by atoms with E-state index in [0.29, 0.717) is 30.8 Å². The molecule has 2 heterocycles. The maximum atomic E-state index is 12.3. The van der Waals surface area contributed by atoms with Crippen molar-refractivity contribution >= 4 is 93.4 Å². The molecule has 4 aromatic rings. The summed E-state index contributed by atoms with van der Waals surface area (Å²) in [4.78, 5) is 16.2. The second-order valence-corrected chi connectivity index (χ2v) is 16.7. The Labute approximate surface area is 316 Å². The van der Waals surface area contributed by atoms with Gasteiger partial charge in [-0.05, 0) is 67.4 Å². The lowest BCUT2D eigenvalue weighted by Crippen LogP contribution is -2.16. The van der Waals surface area contributed by atoms with E-state index in [2.05, 4.69) is 64.6 Å². The lowest BCUT2D eigenvalue weighted by Gasteiger charge is -2.16. The van der Waals surface area contributed by atoms with Gasteiger partial charge in [0.05, 0.1) is 16.3 Å². The Morgan fingerprint density at radius 3 is 2.11 bits per heavy atom. The van der Waals surface area contributed by atoms with Crippen LogP contribution in [0.3, 0.4) is 0 Å². The molecule has 0 radical (unpaired) electrons. The normalized spacial score (nSPS) is 12.0. The van der Waals surface area contributed by atoms with Crippen molar-refractivity contribution in [3.63, 3.8) is 0 Å².